The maximum absolute atomic E-state index is 12.9. The second kappa shape index (κ2) is 8.19. The Labute approximate surface area is 172 Å². The quantitative estimate of drug-likeness (QED) is 0.667. The number of nitrogens with zero attached hydrogens (tertiary/aromatic N) is 4. The van der Waals surface area contributed by atoms with E-state index in [2.05, 4.69) is 15.3 Å². The molecule has 0 aliphatic carbocycles. The SMILES string of the molecule is Cc1ccc(-c2ncc3c(=O)n(CC(=O)NCC4CCCO4)c(=O)n(C)c3n2)cc1. The Balaban J connectivity index is 1.64. The van der Waals surface area contributed by atoms with Crippen LogP contribution in [0.5, 0.6) is 0 Å². The number of hydrogen-bond acceptors (Lipinski definition) is 6. The van der Waals surface area contributed by atoms with Crippen LogP contribution >= 0.6 is 0 Å². The second-order valence-corrected chi connectivity index (χ2v) is 7.47. The van der Waals surface area contributed by atoms with Crippen LogP contribution in [0.25, 0.3) is 22.4 Å². The van der Waals surface area contributed by atoms with E-state index in [1.165, 1.54) is 17.8 Å². The first-order valence-corrected chi connectivity index (χ1v) is 9.86. The molecule has 1 N–H and O–H groups in total. The molecule has 3 aromatic rings. The summed E-state index contributed by atoms with van der Waals surface area (Å²) in [5, 5.41) is 2.91. The van der Waals surface area contributed by atoms with E-state index in [0.717, 1.165) is 28.5 Å². The van der Waals surface area contributed by atoms with Crippen molar-refractivity contribution in [2.75, 3.05) is 13.2 Å². The number of amides is 1. The lowest BCUT2D eigenvalue weighted by Crippen LogP contribution is -2.44. The summed E-state index contributed by atoms with van der Waals surface area (Å²) in [7, 11) is 1.52. The van der Waals surface area contributed by atoms with Crippen LogP contribution in [0.2, 0.25) is 0 Å². The fourth-order valence-electron chi connectivity index (χ4n) is 3.50. The van der Waals surface area contributed by atoms with Crippen molar-refractivity contribution < 1.29 is 9.53 Å². The first-order chi connectivity index (χ1) is 14.4. The van der Waals surface area contributed by atoms with Crippen molar-refractivity contribution >= 4 is 16.9 Å². The summed E-state index contributed by atoms with van der Waals surface area (Å²) in [6.07, 6.45) is 3.24. The third-order valence-corrected chi connectivity index (χ3v) is 5.24. The summed E-state index contributed by atoms with van der Waals surface area (Å²) in [6, 6.07) is 7.65. The number of aromatic nitrogens is 4. The lowest BCUT2D eigenvalue weighted by molar-refractivity contribution is -0.122. The molecule has 1 aliphatic rings. The molecule has 30 heavy (non-hydrogen) atoms. The van der Waals surface area contributed by atoms with Crippen LogP contribution in [0.15, 0.2) is 40.1 Å². The van der Waals surface area contributed by atoms with Crippen LogP contribution in [0.3, 0.4) is 0 Å². The first kappa shape index (κ1) is 20.0. The number of benzene rings is 1. The van der Waals surface area contributed by atoms with Crippen LogP contribution in [-0.4, -0.2) is 44.3 Å². The summed E-state index contributed by atoms with van der Waals surface area (Å²) in [4.78, 5) is 46.6. The van der Waals surface area contributed by atoms with Gasteiger partial charge >= 0.3 is 5.69 Å². The molecule has 3 heterocycles. The molecule has 1 fully saturated rings. The van der Waals surface area contributed by atoms with E-state index in [4.69, 9.17) is 4.74 Å². The van der Waals surface area contributed by atoms with E-state index in [1.807, 2.05) is 31.2 Å². The maximum atomic E-state index is 12.9. The van der Waals surface area contributed by atoms with Gasteiger partial charge in [-0.25, -0.2) is 14.8 Å². The van der Waals surface area contributed by atoms with Crippen molar-refractivity contribution in [1.29, 1.82) is 0 Å². The smallest absolute Gasteiger partial charge is 0.332 e. The Morgan fingerprint density at radius 1 is 1.27 bits per heavy atom. The normalized spacial score (nSPS) is 16.1. The highest BCUT2D eigenvalue weighted by Crippen LogP contribution is 2.17. The minimum absolute atomic E-state index is 0.0151. The van der Waals surface area contributed by atoms with Gasteiger partial charge in [-0.1, -0.05) is 29.8 Å². The minimum Gasteiger partial charge on any atom is -0.376 e. The molecule has 4 rings (SSSR count). The van der Waals surface area contributed by atoms with Crippen molar-refractivity contribution in [2.24, 2.45) is 7.05 Å². The number of nitrogens with one attached hydrogen (secondary N) is 1. The maximum Gasteiger partial charge on any atom is 0.332 e. The van der Waals surface area contributed by atoms with Crippen molar-refractivity contribution in [3.05, 3.63) is 56.9 Å². The van der Waals surface area contributed by atoms with Gasteiger partial charge in [-0.05, 0) is 19.8 Å². The summed E-state index contributed by atoms with van der Waals surface area (Å²) in [5.41, 5.74) is 0.927. The van der Waals surface area contributed by atoms with Gasteiger partial charge in [0.15, 0.2) is 11.5 Å². The molecule has 2 aromatic heterocycles. The van der Waals surface area contributed by atoms with Gasteiger partial charge in [0.2, 0.25) is 5.91 Å². The predicted molar refractivity (Wildman–Crippen MR) is 111 cm³/mol. The van der Waals surface area contributed by atoms with Crippen molar-refractivity contribution in [3.63, 3.8) is 0 Å². The molecule has 1 atom stereocenters. The van der Waals surface area contributed by atoms with Crippen LogP contribution in [0.4, 0.5) is 0 Å². The third-order valence-electron chi connectivity index (χ3n) is 5.24. The zero-order valence-electron chi connectivity index (χ0n) is 16.9. The molecule has 0 bridgehead atoms. The van der Waals surface area contributed by atoms with E-state index in [9.17, 15) is 14.4 Å². The average Bonchev–Trinajstić information content (AvgIpc) is 3.27. The fraction of sp³-hybridized carbons (Fsp3) is 0.381. The molecule has 1 aliphatic heterocycles. The van der Waals surface area contributed by atoms with Crippen molar-refractivity contribution in [1.82, 2.24) is 24.4 Å². The number of rotatable bonds is 5. The van der Waals surface area contributed by atoms with Gasteiger partial charge in [-0.2, -0.15) is 0 Å². The summed E-state index contributed by atoms with van der Waals surface area (Å²) < 4.78 is 7.64. The molecule has 0 spiro atoms. The topological polar surface area (TPSA) is 108 Å². The summed E-state index contributed by atoms with van der Waals surface area (Å²) in [5.74, 6) is 0.00482. The first-order valence-electron chi connectivity index (χ1n) is 9.86. The van der Waals surface area contributed by atoms with E-state index in [-0.39, 0.29) is 23.7 Å². The van der Waals surface area contributed by atoms with E-state index in [1.54, 1.807) is 0 Å². The molecule has 1 saturated heterocycles. The number of aryl methyl sites for hydroxylation is 2. The van der Waals surface area contributed by atoms with Gasteiger partial charge in [0.05, 0.1) is 6.10 Å². The van der Waals surface area contributed by atoms with Crippen LogP contribution in [-0.2, 0) is 23.1 Å². The lowest BCUT2D eigenvalue weighted by Gasteiger charge is -2.13. The number of ether oxygens (including phenoxy) is 1. The van der Waals surface area contributed by atoms with E-state index >= 15 is 0 Å². The Morgan fingerprint density at radius 3 is 2.73 bits per heavy atom. The van der Waals surface area contributed by atoms with Crippen LogP contribution in [0, 0.1) is 6.92 Å². The van der Waals surface area contributed by atoms with Crippen LogP contribution < -0.4 is 16.6 Å². The third kappa shape index (κ3) is 3.88. The van der Waals surface area contributed by atoms with E-state index < -0.39 is 17.2 Å². The molecule has 156 valence electrons. The largest absolute Gasteiger partial charge is 0.376 e. The molecule has 9 heteroatoms. The predicted octanol–water partition coefficient (Wildman–Crippen LogP) is 0.761. The Kier molecular flexibility index (Phi) is 5.45. The standard InChI is InChI=1S/C21H23N5O4/c1-13-5-7-14(8-6-13)18-23-11-16-19(24-18)25(2)21(29)26(20(16)28)12-17(27)22-10-15-4-3-9-30-15/h5-8,11,15H,3-4,9-10,12H2,1-2H3,(H,22,27). The monoisotopic (exact) mass is 409 g/mol. The molecule has 1 amide bonds. The lowest BCUT2D eigenvalue weighted by atomic mass is 10.1. The molecule has 9 nitrogen and oxygen atoms in total. The van der Waals surface area contributed by atoms with Gasteiger partial charge in [0.1, 0.15) is 11.9 Å². The molecular weight excluding hydrogens is 386 g/mol. The van der Waals surface area contributed by atoms with Gasteiger partial charge in [0.25, 0.3) is 5.56 Å². The highest BCUT2D eigenvalue weighted by molar-refractivity contribution is 5.78. The average molecular weight is 409 g/mol. The molecule has 0 saturated carbocycles. The molecule has 1 aromatic carbocycles. The highest BCUT2D eigenvalue weighted by atomic mass is 16.5. The Bertz CT molecular complexity index is 1210. The number of carbonyl (C=O) groups is 1. The fourth-order valence-corrected chi connectivity index (χ4v) is 3.50. The van der Waals surface area contributed by atoms with Gasteiger partial charge < -0.3 is 10.1 Å². The van der Waals surface area contributed by atoms with Gasteiger partial charge in [0, 0.05) is 32.0 Å². The molecular formula is C21H23N5O4. The van der Waals surface area contributed by atoms with Crippen molar-refractivity contribution in [3.8, 4) is 11.4 Å². The second-order valence-electron chi connectivity index (χ2n) is 7.47. The molecule has 0 radical (unpaired) electrons. The Hall–Kier alpha value is -3.33. The summed E-state index contributed by atoms with van der Waals surface area (Å²) >= 11 is 0. The van der Waals surface area contributed by atoms with Crippen LogP contribution in [0.1, 0.15) is 18.4 Å². The zero-order chi connectivity index (χ0) is 21.3. The summed E-state index contributed by atoms with van der Waals surface area (Å²) in [6.45, 7) is 2.67. The Morgan fingerprint density at radius 2 is 2.03 bits per heavy atom. The molecule has 1 unspecified atom stereocenters. The van der Waals surface area contributed by atoms with E-state index in [0.29, 0.717) is 19.0 Å². The number of fused-ring (bicyclic) bond motifs is 1. The van der Waals surface area contributed by atoms with Crippen molar-refractivity contribution in [2.45, 2.75) is 32.4 Å². The number of hydrogen-bond donors (Lipinski definition) is 1. The zero-order valence-corrected chi connectivity index (χ0v) is 16.9. The highest BCUT2D eigenvalue weighted by Gasteiger charge is 2.19. The van der Waals surface area contributed by atoms with Gasteiger partial charge in [-0.3, -0.25) is 18.7 Å². The van der Waals surface area contributed by atoms with Gasteiger partial charge in [-0.15, -0.1) is 0 Å². The minimum atomic E-state index is -0.603. The number of carbonyl (C=O) groups excluding carboxylic acids is 1.